The summed E-state index contributed by atoms with van der Waals surface area (Å²) in [7, 11) is 0. The number of nitrogens with one attached hydrogen (secondary N) is 1. The van der Waals surface area contributed by atoms with Gasteiger partial charge in [0, 0.05) is 10.7 Å². The van der Waals surface area contributed by atoms with Crippen LogP contribution in [0.4, 0.5) is 24.5 Å². The quantitative estimate of drug-likeness (QED) is 0.551. The van der Waals surface area contributed by atoms with E-state index in [0.29, 0.717) is 11.8 Å². The Hall–Kier alpha value is -3.32. The standard InChI is InChI=1S/C22H16ClF3N2O2/c23-16-11-12-19(18(13-16)22(24,25)26)27-20(29)21(30)28(17-9-5-2-6-10-17)14-15-7-3-1-4-8-15/h1-13H,14H2,(H,27,29). The van der Waals surface area contributed by atoms with E-state index in [9.17, 15) is 22.8 Å². The number of rotatable bonds is 4. The van der Waals surface area contributed by atoms with E-state index in [1.165, 1.54) is 11.0 Å². The van der Waals surface area contributed by atoms with Crippen LogP contribution in [0.1, 0.15) is 11.1 Å². The highest BCUT2D eigenvalue weighted by Crippen LogP contribution is 2.36. The van der Waals surface area contributed by atoms with Crippen LogP contribution in [0.5, 0.6) is 0 Å². The number of carbonyl (C=O) groups excluding carboxylic acids is 2. The van der Waals surface area contributed by atoms with Gasteiger partial charge >= 0.3 is 18.0 Å². The van der Waals surface area contributed by atoms with Gasteiger partial charge in [0.05, 0.1) is 17.8 Å². The molecule has 30 heavy (non-hydrogen) atoms. The Kier molecular flexibility index (Phi) is 6.42. The van der Waals surface area contributed by atoms with Crippen LogP contribution in [0.2, 0.25) is 5.02 Å². The third-order valence-corrected chi connectivity index (χ3v) is 4.46. The van der Waals surface area contributed by atoms with E-state index in [2.05, 4.69) is 5.32 Å². The Balaban J connectivity index is 1.89. The zero-order valence-electron chi connectivity index (χ0n) is 15.5. The van der Waals surface area contributed by atoms with Gasteiger partial charge < -0.3 is 5.32 Å². The zero-order valence-corrected chi connectivity index (χ0v) is 16.2. The molecule has 0 fully saturated rings. The van der Waals surface area contributed by atoms with Crippen LogP contribution < -0.4 is 10.2 Å². The van der Waals surface area contributed by atoms with Gasteiger partial charge in [0.1, 0.15) is 0 Å². The summed E-state index contributed by atoms with van der Waals surface area (Å²) in [4.78, 5) is 26.7. The Morgan fingerprint density at radius 3 is 2.10 bits per heavy atom. The second-order valence-corrected chi connectivity index (χ2v) is 6.79. The second-order valence-electron chi connectivity index (χ2n) is 6.35. The lowest BCUT2D eigenvalue weighted by atomic mass is 10.1. The zero-order chi connectivity index (χ0) is 21.7. The minimum absolute atomic E-state index is 0.0733. The molecule has 0 aliphatic carbocycles. The fourth-order valence-electron chi connectivity index (χ4n) is 2.81. The monoisotopic (exact) mass is 432 g/mol. The summed E-state index contributed by atoms with van der Waals surface area (Å²) in [6.45, 7) is 0.0733. The number of para-hydroxylation sites is 1. The van der Waals surface area contributed by atoms with Crippen LogP contribution in [0.25, 0.3) is 0 Å². The van der Waals surface area contributed by atoms with Gasteiger partial charge in [-0.1, -0.05) is 60.1 Å². The minimum Gasteiger partial charge on any atom is -0.317 e. The molecule has 1 N–H and O–H groups in total. The van der Waals surface area contributed by atoms with E-state index in [0.717, 1.165) is 11.6 Å². The van der Waals surface area contributed by atoms with Crippen molar-refractivity contribution in [3.8, 4) is 0 Å². The largest absolute Gasteiger partial charge is 0.418 e. The van der Waals surface area contributed by atoms with Crippen molar-refractivity contribution in [3.05, 3.63) is 95.0 Å². The molecule has 0 aliphatic heterocycles. The first-order valence-electron chi connectivity index (χ1n) is 8.84. The highest BCUT2D eigenvalue weighted by molar-refractivity contribution is 6.44. The third-order valence-electron chi connectivity index (χ3n) is 4.23. The topological polar surface area (TPSA) is 49.4 Å². The van der Waals surface area contributed by atoms with E-state index in [1.807, 2.05) is 6.07 Å². The molecule has 0 bridgehead atoms. The van der Waals surface area contributed by atoms with Crippen molar-refractivity contribution in [1.29, 1.82) is 0 Å². The number of carbonyl (C=O) groups is 2. The Morgan fingerprint density at radius 2 is 1.50 bits per heavy atom. The van der Waals surface area contributed by atoms with Crippen molar-refractivity contribution in [1.82, 2.24) is 0 Å². The molecule has 0 spiro atoms. The van der Waals surface area contributed by atoms with Crippen LogP contribution >= 0.6 is 11.6 Å². The van der Waals surface area contributed by atoms with Crippen molar-refractivity contribution in [2.45, 2.75) is 12.7 Å². The summed E-state index contributed by atoms with van der Waals surface area (Å²) < 4.78 is 39.9. The third kappa shape index (κ3) is 5.18. The molecule has 3 aromatic carbocycles. The molecule has 154 valence electrons. The second kappa shape index (κ2) is 9.00. The van der Waals surface area contributed by atoms with Crippen molar-refractivity contribution in [3.63, 3.8) is 0 Å². The smallest absolute Gasteiger partial charge is 0.317 e. The van der Waals surface area contributed by atoms with Crippen LogP contribution in [-0.2, 0) is 22.3 Å². The lowest BCUT2D eigenvalue weighted by Crippen LogP contribution is -2.39. The predicted octanol–water partition coefficient (Wildman–Crippen LogP) is 5.53. The molecule has 2 amide bonds. The van der Waals surface area contributed by atoms with Gasteiger partial charge in [0.25, 0.3) is 0 Å². The molecular weight excluding hydrogens is 417 g/mol. The maximum absolute atomic E-state index is 13.3. The molecular formula is C22H16ClF3N2O2. The van der Waals surface area contributed by atoms with Crippen LogP contribution in [0.15, 0.2) is 78.9 Å². The van der Waals surface area contributed by atoms with Gasteiger partial charge in [0.2, 0.25) is 0 Å². The first-order chi connectivity index (χ1) is 14.3. The number of alkyl halides is 3. The predicted molar refractivity (Wildman–Crippen MR) is 109 cm³/mol. The Bertz CT molecular complexity index is 1040. The molecule has 0 unspecified atom stereocenters. The molecule has 3 aromatic rings. The maximum Gasteiger partial charge on any atom is 0.418 e. The molecule has 8 heteroatoms. The van der Waals surface area contributed by atoms with E-state index in [-0.39, 0.29) is 11.6 Å². The van der Waals surface area contributed by atoms with Crippen molar-refractivity contribution < 1.29 is 22.8 Å². The molecule has 3 rings (SSSR count). The minimum atomic E-state index is -4.75. The lowest BCUT2D eigenvalue weighted by molar-refractivity contribution is -0.137. The average molecular weight is 433 g/mol. The number of hydrogen-bond donors (Lipinski definition) is 1. The number of amides is 2. The maximum atomic E-state index is 13.3. The Labute approximate surface area is 175 Å². The van der Waals surface area contributed by atoms with Crippen molar-refractivity contribution >= 4 is 34.8 Å². The summed E-state index contributed by atoms with van der Waals surface area (Å²) in [5, 5.41) is 1.93. The summed E-state index contributed by atoms with van der Waals surface area (Å²) in [5.41, 5.74) is -0.484. The van der Waals surface area contributed by atoms with Crippen LogP contribution in [0, 0.1) is 0 Å². The van der Waals surface area contributed by atoms with E-state index in [1.54, 1.807) is 54.6 Å². The first kappa shape index (κ1) is 21.4. The number of hydrogen-bond acceptors (Lipinski definition) is 2. The van der Waals surface area contributed by atoms with Gasteiger partial charge in [0.15, 0.2) is 0 Å². The summed E-state index contributed by atoms with van der Waals surface area (Å²) in [5.74, 6) is -2.18. The van der Waals surface area contributed by atoms with Gasteiger partial charge in [-0.25, -0.2) is 0 Å². The van der Waals surface area contributed by atoms with E-state index in [4.69, 9.17) is 11.6 Å². The fourth-order valence-corrected chi connectivity index (χ4v) is 2.98. The number of halogens is 4. The average Bonchev–Trinajstić information content (AvgIpc) is 2.73. The number of nitrogens with zero attached hydrogens (tertiary/aromatic N) is 1. The normalized spacial score (nSPS) is 11.1. The van der Waals surface area contributed by atoms with E-state index < -0.39 is 29.2 Å². The van der Waals surface area contributed by atoms with Gasteiger partial charge in [-0.3, -0.25) is 14.5 Å². The van der Waals surface area contributed by atoms with Gasteiger partial charge in [-0.2, -0.15) is 13.2 Å². The molecule has 0 saturated heterocycles. The van der Waals surface area contributed by atoms with Gasteiger partial charge in [-0.05, 0) is 35.9 Å². The van der Waals surface area contributed by atoms with Crippen molar-refractivity contribution in [2.75, 3.05) is 10.2 Å². The summed E-state index contributed by atoms with van der Waals surface area (Å²) in [6, 6.07) is 20.3. The molecule has 0 aliphatic rings. The SMILES string of the molecule is O=C(Nc1ccc(Cl)cc1C(F)(F)F)C(=O)N(Cc1ccccc1)c1ccccc1. The van der Waals surface area contributed by atoms with Crippen LogP contribution in [0.3, 0.4) is 0 Å². The van der Waals surface area contributed by atoms with E-state index >= 15 is 0 Å². The number of anilines is 2. The molecule has 4 nitrogen and oxygen atoms in total. The fraction of sp³-hybridized carbons (Fsp3) is 0.0909. The molecule has 0 saturated carbocycles. The lowest BCUT2D eigenvalue weighted by Gasteiger charge is -2.23. The number of benzene rings is 3. The highest BCUT2D eigenvalue weighted by Gasteiger charge is 2.35. The van der Waals surface area contributed by atoms with Gasteiger partial charge in [-0.15, -0.1) is 0 Å². The summed E-state index contributed by atoms with van der Waals surface area (Å²) >= 11 is 5.65. The molecule has 0 atom stereocenters. The summed E-state index contributed by atoms with van der Waals surface area (Å²) in [6.07, 6.45) is -4.75. The highest BCUT2D eigenvalue weighted by atomic mass is 35.5. The van der Waals surface area contributed by atoms with Crippen molar-refractivity contribution in [2.24, 2.45) is 0 Å². The molecule has 0 radical (unpaired) electrons. The Morgan fingerprint density at radius 1 is 0.900 bits per heavy atom. The first-order valence-corrected chi connectivity index (χ1v) is 9.22. The molecule has 0 heterocycles. The molecule has 0 aromatic heterocycles. The van der Waals surface area contributed by atoms with Crippen LogP contribution in [-0.4, -0.2) is 11.8 Å².